The molecule has 0 radical (unpaired) electrons. The van der Waals surface area contributed by atoms with Gasteiger partial charge in [0.2, 0.25) is 4.96 Å². The summed E-state index contributed by atoms with van der Waals surface area (Å²) in [6.07, 6.45) is 1.76. The third-order valence-electron chi connectivity index (χ3n) is 3.65. The second-order valence-corrected chi connectivity index (χ2v) is 6.11. The van der Waals surface area contributed by atoms with Crippen molar-refractivity contribution in [2.45, 2.75) is 13.0 Å². The number of para-hydroxylation sites is 1. The Kier molecular flexibility index (Phi) is 3.39. The molecule has 120 valence electrons. The zero-order valence-corrected chi connectivity index (χ0v) is 13.4. The lowest BCUT2D eigenvalue weighted by Crippen LogP contribution is -2.27. The molecule has 0 aliphatic carbocycles. The van der Waals surface area contributed by atoms with Crippen LogP contribution in [0, 0.1) is 0 Å². The highest BCUT2D eigenvalue weighted by atomic mass is 32.1. The Morgan fingerprint density at radius 1 is 1.38 bits per heavy atom. The van der Waals surface area contributed by atoms with E-state index in [0.717, 1.165) is 4.96 Å². The van der Waals surface area contributed by atoms with Gasteiger partial charge in [-0.2, -0.15) is 5.10 Å². The van der Waals surface area contributed by atoms with Gasteiger partial charge in [0, 0.05) is 6.07 Å². The summed E-state index contributed by atoms with van der Waals surface area (Å²) in [5.74, 6) is -0.487. The van der Waals surface area contributed by atoms with Crippen molar-refractivity contribution < 1.29 is 9.21 Å². The first-order valence-electron chi connectivity index (χ1n) is 7.24. The molecule has 4 aromatic rings. The van der Waals surface area contributed by atoms with Crippen LogP contribution in [-0.4, -0.2) is 20.5 Å². The molecular formula is C16H12N4O3S. The number of nitrogens with zero attached hydrogens (tertiary/aromatic N) is 3. The van der Waals surface area contributed by atoms with Gasteiger partial charge in [-0.3, -0.25) is 9.59 Å². The molecule has 0 aliphatic heterocycles. The Labute approximate surface area is 139 Å². The molecule has 7 nitrogen and oxygen atoms in total. The van der Waals surface area contributed by atoms with Gasteiger partial charge < -0.3 is 9.73 Å². The molecule has 1 aromatic carbocycles. The number of carbonyl (C=O) groups excluding carboxylic acids is 1. The van der Waals surface area contributed by atoms with Crippen molar-refractivity contribution in [3.8, 4) is 0 Å². The summed E-state index contributed by atoms with van der Waals surface area (Å²) in [7, 11) is 0. The third kappa shape index (κ3) is 2.46. The van der Waals surface area contributed by atoms with Crippen LogP contribution < -0.4 is 10.7 Å². The third-order valence-corrected chi connectivity index (χ3v) is 4.34. The smallest absolute Gasteiger partial charge is 0.287 e. The molecular weight excluding hydrogens is 328 g/mol. The number of fused-ring (bicyclic) bond motifs is 2. The van der Waals surface area contributed by atoms with Crippen molar-refractivity contribution in [3.05, 3.63) is 63.7 Å². The van der Waals surface area contributed by atoms with Gasteiger partial charge in [0.05, 0.1) is 23.3 Å². The van der Waals surface area contributed by atoms with Crippen LogP contribution in [0.4, 0.5) is 0 Å². The highest BCUT2D eigenvalue weighted by Gasteiger charge is 2.18. The van der Waals surface area contributed by atoms with Crippen LogP contribution >= 0.6 is 11.3 Å². The van der Waals surface area contributed by atoms with Crippen molar-refractivity contribution in [1.29, 1.82) is 0 Å². The Morgan fingerprint density at radius 2 is 2.21 bits per heavy atom. The van der Waals surface area contributed by atoms with E-state index < -0.39 is 5.91 Å². The molecule has 4 rings (SSSR count). The van der Waals surface area contributed by atoms with Crippen LogP contribution in [0.25, 0.3) is 15.9 Å². The Balaban J connectivity index is 1.61. The fraction of sp³-hybridized carbons (Fsp3) is 0.125. The predicted molar refractivity (Wildman–Crippen MR) is 89.2 cm³/mol. The fourth-order valence-electron chi connectivity index (χ4n) is 2.42. The maximum absolute atomic E-state index is 12.4. The number of carbonyl (C=O) groups is 1. The van der Waals surface area contributed by atoms with E-state index in [1.807, 2.05) is 6.92 Å². The van der Waals surface area contributed by atoms with E-state index in [4.69, 9.17) is 4.42 Å². The molecule has 1 atom stereocenters. The minimum Gasteiger partial charge on any atom is -0.451 e. The van der Waals surface area contributed by atoms with Gasteiger partial charge in [0.25, 0.3) is 5.91 Å². The summed E-state index contributed by atoms with van der Waals surface area (Å²) in [6, 6.07) is 7.68. The van der Waals surface area contributed by atoms with Crippen LogP contribution in [0.2, 0.25) is 0 Å². The van der Waals surface area contributed by atoms with Crippen LogP contribution in [0.5, 0.6) is 0 Å². The minimum absolute atomic E-state index is 0.0234. The average Bonchev–Trinajstić information content (AvgIpc) is 3.16. The van der Waals surface area contributed by atoms with E-state index in [0.29, 0.717) is 16.7 Å². The van der Waals surface area contributed by atoms with Gasteiger partial charge in [-0.15, -0.1) is 0 Å². The highest BCUT2D eigenvalue weighted by Crippen LogP contribution is 2.16. The molecule has 0 fully saturated rings. The van der Waals surface area contributed by atoms with E-state index >= 15 is 0 Å². The van der Waals surface area contributed by atoms with E-state index in [-0.39, 0.29) is 17.2 Å². The maximum Gasteiger partial charge on any atom is 0.287 e. The molecule has 0 saturated carbocycles. The SMILES string of the molecule is CC(NC(=O)c1cc(=O)c2ccccc2o1)c1cn2ncsc2n1. The van der Waals surface area contributed by atoms with E-state index in [2.05, 4.69) is 15.4 Å². The molecule has 0 aliphatic rings. The number of nitrogens with one attached hydrogen (secondary N) is 1. The number of benzene rings is 1. The number of hydrogen-bond donors (Lipinski definition) is 1. The second kappa shape index (κ2) is 5.57. The van der Waals surface area contributed by atoms with Crippen molar-refractivity contribution in [1.82, 2.24) is 19.9 Å². The van der Waals surface area contributed by atoms with E-state index in [1.165, 1.54) is 17.4 Å². The summed E-state index contributed by atoms with van der Waals surface area (Å²) < 4.78 is 7.19. The van der Waals surface area contributed by atoms with Crippen LogP contribution in [0.1, 0.15) is 29.2 Å². The number of rotatable bonds is 3. The van der Waals surface area contributed by atoms with Crippen molar-refractivity contribution >= 4 is 33.2 Å². The zero-order chi connectivity index (χ0) is 16.7. The normalized spacial score (nSPS) is 12.5. The molecule has 0 spiro atoms. The lowest BCUT2D eigenvalue weighted by atomic mass is 10.2. The summed E-state index contributed by atoms with van der Waals surface area (Å²) in [5.41, 5.74) is 2.51. The molecule has 0 bridgehead atoms. The fourth-order valence-corrected chi connectivity index (χ4v) is 3.03. The standard InChI is InChI=1S/C16H12N4O3S/c1-9(11-7-20-16(19-11)24-8-17-20)18-15(22)14-6-12(21)10-4-2-3-5-13(10)23-14/h2-9H,1H3,(H,18,22). The summed E-state index contributed by atoms with van der Waals surface area (Å²) in [6.45, 7) is 1.81. The molecule has 1 unspecified atom stereocenters. The second-order valence-electron chi connectivity index (χ2n) is 5.30. The summed E-state index contributed by atoms with van der Waals surface area (Å²) >= 11 is 1.41. The first kappa shape index (κ1) is 14.6. The lowest BCUT2D eigenvalue weighted by Gasteiger charge is -2.11. The first-order chi connectivity index (χ1) is 11.6. The topological polar surface area (TPSA) is 89.5 Å². The quantitative estimate of drug-likeness (QED) is 0.618. The van der Waals surface area contributed by atoms with Crippen molar-refractivity contribution in [2.24, 2.45) is 0 Å². The lowest BCUT2D eigenvalue weighted by molar-refractivity contribution is 0.0911. The Hall–Kier alpha value is -3.00. The van der Waals surface area contributed by atoms with Gasteiger partial charge in [-0.05, 0) is 19.1 Å². The molecule has 3 aromatic heterocycles. The van der Waals surface area contributed by atoms with Gasteiger partial charge in [0.15, 0.2) is 11.2 Å². The summed E-state index contributed by atoms with van der Waals surface area (Å²) in [4.78, 5) is 29.6. The molecule has 1 amide bonds. The van der Waals surface area contributed by atoms with Crippen molar-refractivity contribution in [2.75, 3.05) is 0 Å². The predicted octanol–water partition coefficient (Wildman–Crippen LogP) is 2.39. The van der Waals surface area contributed by atoms with Crippen LogP contribution in [0.3, 0.4) is 0 Å². The van der Waals surface area contributed by atoms with Gasteiger partial charge in [-0.25, -0.2) is 9.50 Å². The van der Waals surface area contributed by atoms with Gasteiger partial charge in [0.1, 0.15) is 11.1 Å². The van der Waals surface area contributed by atoms with E-state index in [1.54, 1.807) is 40.5 Å². The molecule has 3 heterocycles. The molecule has 0 saturated heterocycles. The van der Waals surface area contributed by atoms with Crippen LogP contribution in [-0.2, 0) is 0 Å². The van der Waals surface area contributed by atoms with Crippen LogP contribution in [0.15, 0.2) is 51.3 Å². The number of hydrogen-bond acceptors (Lipinski definition) is 6. The number of aromatic nitrogens is 3. The molecule has 1 N–H and O–H groups in total. The maximum atomic E-state index is 12.4. The minimum atomic E-state index is -0.463. The molecule has 8 heteroatoms. The monoisotopic (exact) mass is 340 g/mol. The Bertz CT molecular complexity index is 1080. The Morgan fingerprint density at radius 3 is 3.04 bits per heavy atom. The number of amides is 1. The van der Waals surface area contributed by atoms with Crippen molar-refractivity contribution in [3.63, 3.8) is 0 Å². The highest BCUT2D eigenvalue weighted by molar-refractivity contribution is 7.14. The largest absolute Gasteiger partial charge is 0.451 e. The zero-order valence-electron chi connectivity index (χ0n) is 12.6. The van der Waals surface area contributed by atoms with Gasteiger partial charge in [-0.1, -0.05) is 23.5 Å². The van der Waals surface area contributed by atoms with E-state index in [9.17, 15) is 9.59 Å². The number of imidazole rings is 1. The first-order valence-corrected chi connectivity index (χ1v) is 8.12. The van der Waals surface area contributed by atoms with Gasteiger partial charge >= 0.3 is 0 Å². The molecule has 24 heavy (non-hydrogen) atoms. The summed E-state index contributed by atoms with van der Waals surface area (Å²) in [5, 5.41) is 7.34. The average molecular weight is 340 g/mol.